The van der Waals surface area contributed by atoms with Gasteiger partial charge in [0, 0.05) is 24.8 Å². The van der Waals surface area contributed by atoms with Crippen molar-refractivity contribution in [2.45, 2.75) is 32.7 Å². The molecule has 0 aromatic heterocycles. The topological polar surface area (TPSA) is 15.7 Å². The molecule has 0 N–H and O–H groups in total. The van der Waals surface area contributed by atoms with E-state index < -0.39 is 0 Å². The van der Waals surface area contributed by atoms with Gasteiger partial charge >= 0.3 is 0 Å². The van der Waals surface area contributed by atoms with E-state index in [0.29, 0.717) is 12.0 Å². The molecular weight excluding hydrogens is 332 g/mol. The Labute approximate surface area is 164 Å². The minimum atomic E-state index is 0.426. The highest BCUT2D eigenvalue weighted by Gasteiger charge is 2.24. The molecule has 2 aromatic carbocycles. The third-order valence-corrected chi connectivity index (χ3v) is 5.76. The number of nitrogens with zero attached hydrogens (tertiary/aromatic N) is 2. The quantitative estimate of drug-likeness (QED) is 0.706. The van der Waals surface area contributed by atoms with Gasteiger partial charge in [-0.3, -0.25) is 0 Å². The monoisotopic (exact) mass is 366 g/mol. The van der Waals surface area contributed by atoms with E-state index in [1.165, 1.54) is 28.8 Å². The maximum Gasteiger partial charge on any atom is 0.0642 e. The zero-order valence-electron chi connectivity index (χ0n) is 17.3. The number of morpholine rings is 1. The van der Waals surface area contributed by atoms with Crippen LogP contribution in [0, 0.1) is 12.8 Å². The van der Waals surface area contributed by atoms with Crippen LogP contribution in [-0.4, -0.2) is 45.3 Å². The Morgan fingerprint density at radius 1 is 0.963 bits per heavy atom. The van der Waals surface area contributed by atoms with Gasteiger partial charge in [0.25, 0.3) is 0 Å². The summed E-state index contributed by atoms with van der Waals surface area (Å²) < 4.78 is 5.48. The van der Waals surface area contributed by atoms with Crippen LogP contribution in [0.15, 0.2) is 48.5 Å². The average Bonchev–Trinajstić information content (AvgIpc) is 2.70. The van der Waals surface area contributed by atoms with Gasteiger partial charge in [-0.1, -0.05) is 55.3 Å². The molecule has 1 saturated heterocycles. The molecule has 1 heterocycles. The van der Waals surface area contributed by atoms with Gasteiger partial charge in [0.1, 0.15) is 0 Å². The Morgan fingerprint density at radius 2 is 1.59 bits per heavy atom. The molecule has 3 nitrogen and oxygen atoms in total. The number of anilines is 1. The van der Waals surface area contributed by atoms with Gasteiger partial charge in [-0.2, -0.15) is 0 Å². The molecule has 2 aromatic rings. The molecule has 0 saturated carbocycles. The Balaban J connectivity index is 1.77. The fourth-order valence-electron chi connectivity index (χ4n) is 4.20. The summed E-state index contributed by atoms with van der Waals surface area (Å²) in [6.07, 6.45) is 2.28. The molecule has 0 radical (unpaired) electrons. The van der Waals surface area contributed by atoms with Crippen molar-refractivity contribution in [3.63, 3.8) is 0 Å². The first-order chi connectivity index (χ1) is 13.1. The van der Waals surface area contributed by atoms with E-state index in [0.717, 1.165) is 32.7 Å². The molecule has 3 heteroatoms. The minimum absolute atomic E-state index is 0.426. The summed E-state index contributed by atoms with van der Waals surface area (Å²) in [4.78, 5) is 4.80. The van der Waals surface area contributed by atoms with Gasteiger partial charge in [-0.05, 0) is 56.6 Å². The molecule has 1 aliphatic heterocycles. The van der Waals surface area contributed by atoms with E-state index in [2.05, 4.69) is 86.3 Å². The smallest absolute Gasteiger partial charge is 0.0642 e. The first kappa shape index (κ1) is 19.9. The van der Waals surface area contributed by atoms with E-state index in [-0.39, 0.29) is 0 Å². The van der Waals surface area contributed by atoms with Crippen LogP contribution in [0.5, 0.6) is 0 Å². The second-order valence-electron chi connectivity index (χ2n) is 7.96. The number of hydrogen-bond donors (Lipinski definition) is 0. The molecule has 1 aliphatic rings. The third-order valence-electron chi connectivity index (χ3n) is 5.76. The predicted molar refractivity (Wildman–Crippen MR) is 115 cm³/mol. The lowest BCUT2D eigenvalue weighted by molar-refractivity contribution is 0.122. The van der Waals surface area contributed by atoms with Crippen molar-refractivity contribution in [2.24, 2.45) is 5.92 Å². The summed E-state index contributed by atoms with van der Waals surface area (Å²) in [7, 11) is 4.41. The molecular formula is C24H34N2O. The van der Waals surface area contributed by atoms with Crippen LogP contribution >= 0.6 is 0 Å². The van der Waals surface area contributed by atoms with Crippen molar-refractivity contribution >= 4 is 5.69 Å². The Bertz CT molecular complexity index is 687. The van der Waals surface area contributed by atoms with Crippen molar-refractivity contribution in [1.82, 2.24) is 4.90 Å². The van der Waals surface area contributed by atoms with Crippen LogP contribution in [0.25, 0.3) is 0 Å². The SMILES string of the molecule is CCC(Cc1ccc(C)cc1)C(c1ccc(N2CCOCC2)cc1)N(C)C. The van der Waals surface area contributed by atoms with E-state index in [4.69, 9.17) is 4.74 Å². The summed E-state index contributed by atoms with van der Waals surface area (Å²) in [6.45, 7) is 8.10. The summed E-state index contributed by atoms with van der Waals surface area (Å²) in [5.41, 5.74) is 5.49. The average molecular weight is 367 g/mol. The summed E-state index contributed by atoms with van der Waals surface area (Å²) in [6, 6.07) is 18.7. The summed E-state index contributed by atoms with van der Waals surface area (Å²) in [5.74, 6) is 0.594. The second kappa shape index (κ2) is 9.38. The highest BCUT2D eigenvalue weighted by atomic mass is 16.5. The van der Waals surface area contributed by atoms with Gasteiger partial charge in [0.15, 0.2) is 0 Å². The van der Waals surface area contributed by atoms with Gasteiger partial charge in [0.05, 0.1) is 13.2 Å². The fourth-order valence-corrected chi connectivity index (χ4v) is 4.20. The first-order valence-corrected chi connectivity index (χ1v) is 10.2. The zero-order chi connectivity index (χ0) is 19.2. The van der Waals surface area contributed by atoms with Crippen LogP contribution in [0.4, 0.5) is 5.69 Å². The molecule has 0 amide bonds. The Hall–Kier alpha value is -1.84. The molecule has 3 rings (SSSR count). The molecule has 0 aliphatic carbocycles. The molecule has 146 valence electrons. The highest BCUT2D eigenvalue weighted by Crippen LogP contribution is 2.33. The standard InChI is InChI=1S/C24H34N2O/c1-5-21(18-20-8-6-19(2)7-9-20)24(25(3)4)22-10-12-23(13-11-22)26-14-16-27-17-15-26/h6-13,21,24H,5,14-18H2,1-4H3. The molecule has 27 heavy (non-hydrogen) atoms. The molecule has 0 spiro atoms. The fraction of sp³-hybridized carbons (Fsp3) is 0.500. The number of ether oxygens (including phenoxy) is 1. The maximum absolute atomic E-state index is 5.48. The normalized spacial score (nSPS) is 17.1. The second-order valence-corrected chi connectivity index (χ2v) is 7.96. The minimum Gasteiger partial charge on any atom is -0.378 e. The van der Waals surface area contributed by atoms with E-state index >= 15 is 0 Å². The first-order valence-electron chi connectivity index (χ1n) is 10.2. The lowest BCUT2D eigenvalue weighted by Crippen LogP contribution is -2.36. The van der Waals surface area contributed by atoms with Gasteiger partial charge in [-0.15, -0.1) is 0 Å². The number of aryl methyl sites for hydroxylation is 1. The summed E-state index contributed by atoms with van der Waals surface area (Å²) >= 11 is 0. The molecule has 2 atom stereocenters. The van der Waals surface area contributed by atoms with Crippen molar-refractivity contribution < 1.29 is 4.74 Å². The van der Waals surface area contributed by atoms with Crippen LogP contribution in [-0.2, 0) is 11.2 Å². The third kappa shape index (κ3) is 5.12. The van der Waals surface area contributed by atoms with E-state index in [1.807, 2.05) is 0 Å². The van der Waals surface area contributed by atoms with E-state index in [9.17, 15) is 0 Å². The molecule has 1 fully saturated rings. The number of hydrogen-bond acceptors (Lipinski definition) is 3. The van der Waals surface area contributed by atoms with Gasteiger partial charge in [-0.25, -0.2) is 0 Å². The van der Waals surface area contributed by atoms with Crippen LogP contribution in [0.1, 0.15) is 36.1 Å². The van der Waals surface area contributed by atoms with Crippen LogP contribution in [0.2, 0.25) is 0 Å². The summed E-state index contributed by atoms with van der Waals surface area (Å²) in [5, 5.41) is 0. The van der Waals surface area contributed by atoms with Crippen molar-refractivity contribution in [3.05, 3.63) is 65.2 Å². The predicted octanol–water partition coefficient (Wildman–Crippen LogP) is 4.70. The van der Waals surface area contributed by atoms with Crippen molar-refractivity contribution in [2.75, 3.05) is 45.3 Å². The Kier molecular flexibility index (Phi) is 6.92. The highest BCUT2D eigenvalue weighted by molar-refractivity contribution is 5.48. The molecule has 2 unspecified atom stereocenters. The van der Waals surface area contributed by atoms with Crippen LogP contribution in [0.3, 0.4) is 0 Å². The largest absolute Gasteiger partial charge is 0.378 e. The lowest BCUT2D eigenvalue weighted by atomic mass is 9.85. The van der Waals surface area contributed by atoms with Crippen molar-refractivity contribution in [1.29, 1.82) is 0 Å². The zero-order valence-corrected chi connectivity index (χ0v) is 17.3. The van der Waals surface area contributed by atoms with Gasteiger partial charge in [0.2, 0.25) is 0 Å². The van der Waals surface area contributed by atoms with E-state index in [1.54, 1.807) is 0 Å². The van der Waals surface area contributed by atoms with Gasteiger partial charge < -0.3 is 14.5 Å². The van der Waals surface area contributed by atoms with Crippen molar-refractivity contribution in [3.8, 4) is 0 Å². The lowest BCUT2D eigenvalue weighted by Gasteiger charge is -2.33. The molecule has 0 bridgehead atoms. The number of benzene rings is 2. The maximum atomic E-state index is 5.48. The van der Waals surface area contributed by atoms with Crippen LogP contribution < -0.4 is 4.90 Å². The number of rotatable bonds is 7. The Morgan fingerprint density at radius 3 is 2.15 bits per heavy atom.